The van der Waals surface area contributed by atoms with E-state index in [4.69, 9.17) is 16.7 Å². The highest BCUT2D eigenvalue weighted by Crippen LogP contribution is 2.43. The van der Waals surface area contributed by atoms with Crippen molar-refractivity contribution in [2.45, 2.75) is 32.9 Å². The number of nitrogens with zero attached hydrogens (tertiary/aromatic N) is 4. The molecule has 7 heteroatoms. The molecule has 0 N–H and O–H groups in total. The Morgan fingerprint density at radius 3 is 2.47 bits per heavy atom. The number of aromatic nitrogens is 2. The Labute approximate surface area is 192 Å². The lowest BCUT2D eigenvalue weighted by molar-refractivity contribution is 0.00829. The average Bonchev–Trinajstić information content (AvgIpc) is 3.23. The number of rotatable bonds is 4. The number of benzene rings is 2. The molecular formula is C25H25ClN4O2. The Hall–Kier alpha value is -3.12. The van der Waals surface area contributed by atoms with Crippen LogP contribution in [0.15, 0.2) is 54.6 Å². The summed E-state index contributed by atoms with van der Waals surface area (Å²) in [5, 5.41) is 5.25. The molecule has 2 amide bonds. The second kappa shape index (κ2) is 7.78. The smallest absolute Gasteiger partial charge is 0.273 e. The van der Waals surface area contributed by atoms with Crippen LogP contribution in [0.2, 0.25) is 5.02 Å². The number of hydrogen-bond donors (Lipinski definition) is 0. The molecule has 2 aliphatic rings. The van der Waals surface area contributed by atoms with Crippen molar-refractivity contribution >= 4 is 23.4 Å². The molecule has 5 rings (SSSR count). The van der Waals surface area contributed by atoms with Crippen LogP contribution in [-0.2, 0) is 0 Å². The average molecular weight is 449 g/mol. The van der Waals surface area contributed by atoms with Crippen molar-refractivity contribution in [2.24, 2.45) is 5.92 Å². The van der Waals surface area contributed by atoms with Crippen molar-refractivity contribution in [1.29, 1.82) is 0 Å². The van der Waals surface area contributed by atoms with E-state index in [0.29, 0.717) is 29.4 Å². The van der Waals surface area contributed by atoms with E-state index in [2.05, 4.69) is 13.8 Å². The van der Waals surface area contributed by atoms with Crippen LogP contribution in [0, 0.1) is 12.8 Å². The van der Waals surface area contributed by atoms with Crippen molar-refractivity contribution < 1.29 is 9.59 Å². The minimum absolute atomic E-state index is 0.0111. The summed E-state index contributed by atoms with van der Waals surface area (Å²) in [6.45, 7) is 7.27. The summed E-state index contributed by atoms with van der Waals surface area (Å²) >= 11 is 6.05. The van der Waals surface area contributed by atoms with Crippen LogP contribution >= 0.6 is 11.6 Å². The summed E-state index contributed by atoms with van der Waals surface area (Å²) in [7, 11) is 0. The van der Waals surface area contributed by atoms with Gasteiger partial charge in [-0.1, -0.05) is 49.7 Å². The molecule has 1 atom stereocenters. The standard InChI is InChI=1S/C25H25ClN4O2/c1-15(2)22-21-16(3)27-30(19-10-5-4-6-11-19)23(21)25(32)29(22)20-13-28(14-20)24(31)17-8-7-9-18(26)12-17/h4-12,15,20,22H,13-14H2,1-3H3. The summed E-state index contributed by atoms with van der Waals surface area (Å²) in [5.41, 5.74) is 3.98. The highest BCUT2D eigenvalue weighted by molar-refractivity contribution is 6.31. The molecule has 3 heterocycles. The molecule has 2 aliphatic heterocycles. The number of likely N-dealkylation sites (tertiary alicyclic amines) is 1. The minimum Gasteiger partial charge on any atom is -0.334 e. The molecule has 0 spiro atoms. The molecule has 164 valence electrons. The lowest BCUT2D eigenvalue weighted by Gasteiger charge is -2.47. The SMILES string of the molecule is Cc1nn(-c2ccccc2)c2c1C(C(C)C)N(C1CN(C(=O)c3cccc(Cl)c3)C1)C2=O. The number of amides is 2. The zero-order valence-electron chi connectivity index (χ0n) is 18.3. The number of fused-ring (bicyclic) bond motifs is 1. The predicted molar refractivity (Wildman–Crippen MR) is 123 cm³/mol. The maximum atomic E-state index is 13.7. The summed E-state index contributed by atoms with van der Waals surface area (Å²) in [5.74, 6) is 0.161. The fraction of sp³-hybridized carbons (Fsp3) is 0.320. The summed E-state index contributed by atoms with van der Waals surface area (Å²) in [4.78, 5) is 30.3. The quantitative estimate of drug-likeness (QED) is 0.590. The monoisotopic (exact) mass is 448 g/mol. The molecule has 1 aromatic heterocycles. The number of para-hydroxylation sites is 1. The molecule has 1 saturated heterocycles. The number of carbonyl (C=O) groups is 2. The van der Waals surface area contributed by atoms with Crippen LogP contribution in [0.5, 0.6) is 0 Å². The molecule has 0 aliphatic carbocycles. The van der Waals surface area contributed by atoms with Gasteiger partial charge < -0.3 is 9.80 Å². The van der Waals surface area contributed by atoms with Crippen molar-refractivity contribution in [3.8, 4) is 5.69 Å². The lowest BCUT2D eigenvalue weighted by Crippen LogP contribution is -2.62. The molecule has 2 aromatic carbocycles. The number of carbonyl (C=O) groups excluding carboxylic acids is 2. The highest BCUT2D eigenvalue weighted by atomic mass is 35.5. The first-order chi connectivity index (χ1) is 15.4. The number of halogens is 1. The van der Waals surface area contributed by atoms with Gasteiger partial charge in [-0.3, -0.25) is 9.59 Å². The second-order valence-electron chi connectivity index (χ2n) is 8.87. The third kappa shape index (κ3) is 3.21. The van der Waals surface area contributed by atoms with Gasteiger partial charge in [0.1, 0.15) is 5.69 Å². The van der Waals surface area contributed by atoms with Gasteiger partial charge in [-0.15, -0.1) is 0 Å². The fourth-order valence-corrected chi connectivity index (χ4v) is 5.08. The lowest BCUT2D eigenvalue weighted by atomic mass is 9.94. The van der Waals surface area contributed by atoms with Crippen LogP contribution in [0.3, 0.4) is 0 Å². The van der Waals surface area contributed by atoms with E-state index in [1.165, 1.54) is 0 Å². The van der Waals surface area contributed by atoms with Crippen LogP contribution in [-0.4, -0.2) is 50.5 Å². The highest BCUT2D eigenvalue weighted by Gasteiger charge is 2.50. The van der Waals surface area contributed by atoms with Gasteiger partial charge in [0.05, 0.1) is 23.5 Å². The van der Waals surface area contributed by atoms with E-state index in [0.717, 1.165) is 16.9 Å². The van der Waals surface area contributed by atoms with Crippen LogP contribution < -0.4 is 0 Å². The van der Waals surface area contributed by atoms with Crippen LogP contribution in [0.25, 0.3) is 5.69 Å². The van der Waals surface area contributed by atoms with Gasteiger partial charge in [0, 0.05) is 29.2 Å². The van der Waals surface area contributed by atoms with Gasteiger partial charge in [0.2, 0.25) is 0 Å². The van der Waals surface area contributed by atoms with E-state index in [-0.39, 0.29) is 29.8 Å². The van der Waals surface area contributed by atoms with E-state index < -0.39 is 0 Å². The second-order valence-corrected chi connectivity index (χ2v) is 9.31. The summed E-state index contributed by atoms with van der Waals surface area (Å²) < 4.78 is 1.77. The van der Waals surface area contributed by atoms with E-state index in [1.807, 2.05) is 42.2 Å². The molecular weight excluding hydrogens is 424 g/mol. The Balaban J connectivity index is 1.43. The summed E-state index contributed by atoms with van der Waals surface area (Å²) in [6, 6.07) is 16.7. The van der Waals surface area contributed by atoms with Gasteiger partial charge >= 0.3 is 0 Å². The van der Waals surface area contributed by atoms with Gasteiger partial charge in [-0.2, -0.15) is 5.10 Å². The Morgan fingerprint density at radius 1 is 1.09 bits per heavy atom. The normalized spacial score (nSPS) is 18.3. The van der Waals surface area contributed by atoms with Gasteiger partial charge in [-0.25, -0.2) is 4.68 Å². The molecule has 32 heavy (non-hydrogen) atoms. The molecule has 1 fully saturated rings. The van der Waals surface area contributed by atoms with Gasteiger partial charge in [-0.05, 0) is 43.2 Å². The van der Waals surface area contributed by atoms with Crippen molar-refractivity contribution in [1.82, 2.24) is 19.6 Å². The Morgan fingerprint density at radius 2 is 1.81 bits per heavy atom. The fourth-order valence-electron chi connectivity index (χ4n) is 4.89. The zero-order valence-corrected chi connectivity index (χ0v) is 19.1. The summed E-state index contributed by atoms with van der Waals surface area (Å²) in [6.07, 6.45) is 0. The largest absolute Gasteiger partial charge is 0.334 e. The van der Waals surface area contributed by atoms with Crippen molar-refractivity contribution in [2.75, 3.05) is 13.1 Å². The maximum Gasteiger partial charge on any atom is 0.273 e. The van der Waals surface area contributed by atoms with E-state index in [9.17, 15) is 9.59 Å². The molecule has 0 saturated carbocycles. The van der Waals surface area contributed by atoms with E-state index in [1.54, 1.807) is 33.8 Å². The molecule has 1 unspecified atom stereocenters. The van der Waals surface area contributed by atoms with Crippen molar-refractivity contribution in [3.63, 3.8) is 0 Å². The third-order valence-corrected chi connectivity index (χ3v) is 6.62. The molecule has 0 radical (unpaired) electrons. The van der Waals surface area contributed by atoms with Gasteiger partial charge in [0.15, 0.2) is 0 Å². The molecule has 3 aromatic rings. The first-order valence-corrected chi connectivity index (χ1v) is 11.3. The Bertz CT molecular complexity index is 1200. The maximum absolute atomic E-state index is 13.7. The topological polar surface area (TPSA) is 58.4 Å². The molecule has 0 bridgehead atoms. The van der Waals surface area contributed by atoms with Crippen LogP contribution in [0.1, 0.15) is 52.0 Å². The van der Waals surface area contributed by atoms with Crippen molar-refractivity contribution in [3.05, 3.63) is 82.1 Å². The number of hydrogen-bond acceptors (Lipinski definition) is 3. The minimum atomic E-state index is -0.0550. The first-order valence-electron chi connectivity index (χ1n) is 10.9. The number of aryl methyl sites for hydroxylation is 1. The predicted octanol–water partition coefficient (Wildman–Crippen LogP) is 4.51. The van der Waals surface area contributed by atoms with E-state index >= 15 is 0 Å². The zero-order chi connectivity index (χ0) is 22.6. The van der Waals surface area contributed by atoms with Crippen LogP contribution in [0.4, 0.5) is 0 Å². The third-order valence-electron chi connectivity index (χ3n) is 6.39. The molecule has 6 nitrogen and oxygen atoms in total. The van der Waals surface area contributed by atoms with Gasteiger partial charge in [0.25, 0.3) is 11.8 Å². The Kier molecular flexibility index (Phi) is 5.05. The first kappa shape index (κ1) is 20.8.